The van der Waals surface area contributed by atoms with E-state index in [-0.39, 0.29) is 17.6 Å². The molecule has 0 radical (unpaired) electrons. The highest BCUT2D eigenvalue weighted by Crippen LogP contribution is 2.28. The van der Waals surface area contributed by atoms with Gasteiger partial charge in [0.15, 0.2) is 10.9 Å². The Kier molecular flexibility index (Phi) is 5.68. The summed E-state index contributed by atoms with van der Waals surface area (Å²) in [6.45, 7) is 10.2. The predicted octanol–water partition coefficient (Wildman–Crippen LogP) is 1.51. The maximum absolute atomic E-state index is 13.2. The van der Waals surface area contributed by atoms with E-state index in [2.05, 4.69) is 33.9 Å². The SMILES string of the molecule is Cc1noc(C2CN(S(=O)(=O)c3cn(C)c(C)n3)CCCN2CC(C)C)n1. The van der Waals surface area contributed by atoms with Crippen LogP contribution in [-0.4, -0.2) is 63.5 Å². The zero-order valence-corrected chi connectivity index (χ0v) is 17.4. The van der Waals surface area contributed by atoms with Crippen molar-refractivity contribution < 1.29 is 12.9 Å². The van der Waals surface area contributed by atoms with Crippen molar-refractivity contribution >= 4 is 10.0 Å². The van der Waals surface area contributed by atoms with Crippen molar-refractivity contribution in [2.75, 3.05) is 26.2 Å². The van der Waals surface area contributed by atoms with E-state index in [1.807, 2.05) is 0 Å². The summed E-state index contributed by atoms with van der Waals surface area (Å²) in [6.07, 6.45) is 2.30. The van der Waals surface area contributed by atoms with E-state index < -0.39 is 10.0 Å². The Morgan fingerprint density at radius 3 is 2.56 bits per heavy atom. The van der Waals surface area contributed by atoms with Gasteiger partial charge in [0.25, 0.3) is 10.0 Å². The van der Waals surface area contributed by atoms with Gasteiger partial charge in [0.1, 0.15) is 11.9 Å². The van der Waals surface area contributed by atoms with E-state index in [0.717, 1.165) is 19.5 Å². The van der Waals surface area contributed by atoms with Crippen molar-refractivity contribution in [3.63, 3.8) is 0 Å². The first-order chi connectivity index (χ1) is 12.7. The smallest absolute Gasteiger partial charge is 0.262 e. The van der Waals surface area contributed by atoms with Crippen molar-refractivity contribution in [1.82, 2.24) is 28.9 Å². The van der Waals surface area contributed by atoms with E-state index in [4.69, 9.17) is 4.52 Å². The highest BCUT2D eigenvalue weighted by molar-refractivity contribution is 7.89. The Balaban J connectivity index is 1.93. The van der Waals surface area contributed by atoms with Crippen LogP contribution in [0.5, 0.6) is 0 Å². The predicted molar refractivity (Wildman–Crippen MR) is 99.5 cm³/mol. The second-order valence-electron chi connectivity index (χ2n) is 7.54. The molecule has 1 aliphatic rings. The topological polar surface area (TPSA) is 97.4 Å². The molecule has 0 bridgehead atoms. The first-order valence-electron chi connectivity index (χ1n) is 9.23. The van der Waals surface area contributed by atoms with E-state index in [0.29, 0.717) is 30.0 Å². The van der Waals surface area contributed by atoms with Gasteiger partial charge >= 0.3 is 0 Å². The van der Waals surface area contributed by atoms with Crippen LogP contribution in [0.3, 0.4) is 0 Å². The number of aryl methyl sites for hydroxylation is 3. The molecule has 3 rings (SSSR count). The summed E-state index contributed by atoms with van der Waals surface area (Å²) in [5, 5.41) is 3.98. The number of hydrogen-bond acceptors (Lipinski definition) is 7. The van der Waals surface area contributed by atoms with Gasteiger partial charge in [-0.25, -0.2) is 13.4 Å². The highest BCUT2D eigenvalue weighted by Gasteiger charge is 2.36. The molecule has 0 amide bonds. The lowest BCUT2D eigenvalue weighted by molar-refractivity contribution is 0.146. The molecule has 1 aliphatic heterocycles. The van der Waals surface area contributed by atoms with Crippen molar-refractivity contribution in [2.45, 2.75) is 45.2 Å². The normalized spacial score (nSPS) is 20.3. The third kappa shape index (κ3) is 4.22. The molecule has 0 N–H and O–H groups in total. The molecule has 3 heterocycles. The Labute approximate surface area is 160 Å². The molecule has 1 fully saturated rings. The van der Waals surface area contributed by atoms with Crippen LogP contribution in [0.2, 0.25) is 0 Å². The number of nitrogens with zero attached hydrogens (tertiary/aromatic N) is 6. The lowest BCUT2D eigenvalue weighted by Crippen LogP contribution is -2.39. The molecule has 0 spiro atoms. The second-order valence-corrected chi connectivity index (χ2v) is 9.42. The molecule has 9 nitrogen and oxygen atoms in total. The molecular formula is C17H28N6O3S. The Hall–Kier alpha value is -1.78. The zero-order chi connectivity index (χ0) is 19.8. The number of aromatic nitrogens is 4. The molecular weight excluding hydrogens is 368 g/mol. The average Bonchev–Trinajstić information content (AvgIpc) is 3.08. The summed E-state index contributed by atoms with van der Waals surface area (Å²) >= 11 is 0. The van der Waals surface area contributed by atoms with Crippen LogP contribution >= 0.6 is 0 Å². The first kappa shape index (κ1) is 20.0. The van der Waals surface area contributed by atoms with Gasteiger partial charge in [-0.2, -0.15) is 9.29 Å². The van der Waals surface area contributed by atoms with Crippen molar-refractivity contribution in [1.29, 1.82) is 0 Å². The third-order valence-corrected chi connectivity index (χ3v) is 6.53. The minimum absolute atomic E-state index is 0.0836. The number of imidazole rings is 1. The van der Waals surface area contributed by atoms with Gasteiger partial charge < -0.3 is 9.09 Å². The van der Waals surface area contributed by atoms with E-state index in [9.17, 15) is 8.42 Å². The van der Waals surface area contributed by atoms with Gasteiger partial charge in [0, 0.05) is 39.4 Å². The maximum atomic E-state index is 13.2. The molecule has 1 atom stereocenters. The van der Waals surface area contributed by atoms with Crippen molar-refractivity contribution in [3.05, 3.63) is 23.7 Å². The maximum Gasteiger partial charge on any atom is 0.262 e. The van der Waals surface area contributed by atoms with Crippen LogP contribution in [0.15, 0.2) is 15.7 Å². The molecule has 150 valence electrons. The van der Waals surface area contributed by atoms with Gasteiger partial charge in [-0.1, -0.05) is 19.0 Å². The fourth-order valence-electron chi connectivity index (χ4n) is 3.38. The van der Waals surface area contributed by atoms with Gasteiger partial charge in [-0.15, -0.1) is 0 Å². The van der Waals surface area contributed by atoms with E-state index in [1.54, 1.807) is 31.7 Å². The quantitative estimate of drug-likeness (QED) is 0.756. The summed E-state index contributed by atoms with van der Waals surface area (Å²) in [5.41, 5.74) is 0. The molecule has 1 saturated heterocycles. The monoisotopic (exact) mass is 396 g/mol. The molecule has 0 saturated carbocycles. The third-order valence-electron chi connectivity index (χ3n) is 4.79. The largest absolute Gasteiger partial charge is 0.338 e. The fraction of sp³-hybridized carbons (Fsp3) is 0.706. The van der Waals surface area contributed by atoms with Gasteiger partial charge in [-0.05, 0) is 26.2 Å². The van der Waals surface area contributed by atoms with E-state index in [1.165, 1.54) is 4.31 Å². The summed E-state index contributed by atoms with van der Waals surface area (Å²) in [5.74, 6) is 2.12. The average molecular weight is 397 g/mol. The van der Waals surface area contributed by atoms with Crippen LogP contribution < -0.4 is 0 Å². The number of rotatable bonds is 5. The molecule has 0 aliphatic carbocycles. The first-order valence-corrected chi connectivity index (χ1v) is 10.7. The van der Waals surface area contributed by atoms with Crippen molar-refractivity contribution in [3.8, 4) is 0 Å². The fourth-order valence-corrected chi connectivity index (χ4v) is 4.89. The van der Waals surface area contributed by atoms with Crippen molar-refractivity contribution in [2.24, 2.45) is 13.0 Å². The van der Waals surface area contributed by atoms with Crippen LogP contribution in [0.25, 0.3) is 0 Å². The van der Waals surface area contributed by atoms with E-state index >= 15 is 0 Å². The van der Waals surface area contributed by atoms with Crippen LogP contribution in [0.1, 0.15) is 43.8 Å². The summed E-state index contributed by atoms with van der Waals surface area (Å²) in [6, 6.07) is -0.268. The summed E-state index contributed by atoms with van der Waals surface area (Å²) < 4.78 is 35.0. The van der Waals surface area contributed by atoms with Crippen LogP contribution in [-0.2, 0) is 17.1 Å². The Morgan fingerprint density at radius 2 is 2.00 bits per heavy atom. The Bertz CT molecular complexity index is 869. The van der Waals surface area contributed by atoms with Crippen LogP contribution in [0, 0.1) is 19.8 Å². The number of sulfonamides is 1. The standard InChI is InChI=1S/C17H28N6O3S/c1-12(2)9-22-7-6-8-23(10-15(22)17-18-13(3)20-26-17)27(24,25)16-11-21(5)14(4)19-16/h11-12,15H,6-10H2,1-5H3. The lowest BCUT2D eigenvalue weighted by Gasteiger charge is -2.29. The molecule has 27 heavy (non-hydrogen) atoms. The summed E-state index contributed by atoms with van der Waals surface area (Å²) in [4.78, 5) is 10.9. The van der Waals surface area contributed by atoms with Gasteiger partial charge in [0.05, 0.1) is 0 Å². The molecule has 0 aromatic carbocycles. The molecule has 2 aromatic heterocycles. The molecule has 1 unspecified atom stereocenters. The highest BCUT2D eigenvalue weighted by atomic mass is 32.2. The summed E-state index contributed by atoms with van der Waals surface area (Å²) in [7, 11) is -1.90. The van der Waals surface area contributed by atoms with Crippen LogP contribution in [0.4, 0.5) is 0 Å². The lowest BCUT2D eigenvalue weighted by atomic mass is 10.1. The Morgan fingerprint density at radius 1 is 1.26 bits per heavy atom. The number of hydrogen-bond donors (Lipinski definition) is 0. The zero-order valence-electron chi connectivity index (χ0n) is 16.6. The molecule has 10 heteroatoms. The minimum atomic E-state index is -3.69. The minimum Gasteiger partial charge on any atom is -0.338 e. The molecule has 2 aromatic rings. The van der Waals surface area contributed by atoms with Gasteiger partial charge in [-0.3, -0.25) is 4.90 Å². The second kappa shape index (κ2) is 7.69. The van der Waals surface area contributed by atoms with Gasteiger partial charge in [0.2, 0.25) is 5.89 Å².